The van der Waals surface area contributed by atoms with E-state index in [0.717, 1.165) is 55.3 Å². The average molecular weight is 744 g/mol. The number of hydrogen-bond acceptors (Lipinski definition) is 4. The summed E-state index contributed by atoms with van der Waals surface area (Å²) < 4.78 is 11.1. The van der Waals surface area contributed by atoms with Crippen LogP contribution in [0.1, 0.15) is 0 Å². The molecule has 4 heterocycles. The SMILES string of the molecule is c1ccc2c(c1)ccc1c3ccc4ccccc4c3n(-c3cc(-c4nc(-c5ccc6oc7ccccc7c6c5)c5ccccc5n4)c4sc5ccccc5c4c3)c21. The highest BCUT2D eigenvalue weighted by Crippen LogP contribution is 2.45. The molecule has 0 bridgehead atoms. The molecule has 0 unspecified atom stereocenters. The van der Waals surface area contributed by atoms with Crippen molar-refractivity contribution in [2.45, 2.75) is 0 Å². The molecule has 57 heavy (non-hydrogen) atoms. The van der Waals surface area contributed by atoms with Gasteiger partial charge in [0.25, 0.3) is 0 Å². The Morgan fingerprint density at radius 1 is 0.439 bits per heavy atom. The van der Waals surface area contributed by atoms with E-state index in [9.17, 15) is 0 Å². The zero-order chi connectivity index (χ0) is 37.2. The molecule has 4 aromatic heterocycles. The van der Waals surface area contributed by atoms with Crippen LogP contribution in [0.3, 0.4) is 0 Å². The number of hydrogen-bond donors (Lipinski definition) is 0. The number of nitrogens with zero attached hydrogens (tertiary/aromatic N) is 3. The molecule has 5 heteroatoms. The normalized spacial score (nSPS) is 12.2. The lowest BCUT2D eigenvalue weighted by molar-refractivity contribution is 0.669. The summed E-state index contributed by atoms with van der Waals surface area (Å²) in [5.41, 5.74) is 9.07. The van der Waals surface area contributed by atoms with Crippen LogP contribution in [0.5, 0.6) is 0 Å². The Labute approximate surface area is 329 Å². The highest BCUT2D eigenvalue weighted by atomic mass is 32.1. The van der Waals surface area contributed by atoms with Crippen molar-refractivity contribution >= 4 is 108 Å². The first-order valence-electron chi connectivity index (χ1n) is 19.2. The maximum atomic E-state index is 6.23. The van der Waals surface area contributed by atoms with Crippen LogP contribution in [0.15, 0.2) is 180 Å². The van der Waals surface area contributed by atoms with E-state index in [4.69, 9.17) is 14.4 Å². The Hall–Kier alpha value is -7.34. The molecule has 9 aromatic carbocycles. The summed E-state index contributed by atoms with van der Waals surface area (Å²) in [5.74, 6) is 0.703. The molecular weight excluding hydrogens is 715 g/mol. The zero-order valence-corrected chi connectivity index (χ0v) is 31.2. The van der Waals surface area contributed by atoms with E-state index >= 15 is 0 Å². The summed E-state index contributed by atoms with van der Waals surface area (Å²) in [7, 11) is 0. The molecule has 0 aliphatic rings. The minimum Gasteiger partial charge on any atom is -0.456 e. The first-order chi connectivity index (χ1) is 28.2. The maximum Gasteiger partial charge on any atom is 0.161 e. The van der Waals surface area contributed by atoms with Crippen molar-refractivity contribution in [3.63, 3.8) is 0 Å². The Morgan fingerprint density at radius 2 is 1.07 bits per heavy atom. The van der Waals surface area contributed by atoms with Crippen LogP contribution < -0.4 is 0 Å². The molecule has 0 atom stereocenters. The molecule has 0 radical (unpaired) electrons. The average Bonchev–Trinajstić information content (AvgIpc) is 3.95. The lowest BCUT2D eigenvalue weighted by atomic mass is 10.0. The summed E-state index contributed by atoms with van der Waals surface area (Å²) in [6.07, 6.45) is 0. The lowest BCUT2D eigenvalue weighted by Crippen LogP contribution is -1.99. The number of thiophene rings is 1. The predicted molar refractivity (Wildman–Crippen MR) is 240 cm³/mol. The fourth-order valence-corrected chi connectivity index (χ4v) is 10.4. The quantitative estimate of drug-likeness (QED) is 0.181. The van der Waals surface area contributed by atoms with Crippen molar-refractivity contribution < 1.29 is 4.42 Å². The standard InChI is InChI=1S/C52H29N3OS/c1-3-13-34-30(11-1)21-24-38-39-25-22-31-12-2-4-14-35(31)50(39)55(49(34)38)33-28-42-37-16-7-10-20-47(37)57-51(42)43(29-33)52-53-44-18-8-5-17-40(44)48(54-52)32-23-26-46-41(27-32)36-15-6-9-19-45(36)56-46/h1-29H. The molecule has 0 spiro atoms. The van der Waals surface area contributed by atoms with Crippen molar-refractivity contribution in [3.05, 3.63) is 176 Å². The van der Waals surface area contributed by atoms with Gasteiger partial charge in [-0.05, 0) is 59.3 Å². The summed E-state index contributed by atoms with van der Waals surface area (Å²) in [6.45, 7) is 0. The van der Waals surface area contributed by atoms with Gasteiger partial charge >= 0.3 is 0 Å². The van der Waals surface area contributed by atoms with Crippen LogP contribution in [0.2, 0.25) is 0 Å². The Bertz CT molecular complexity index is 3740. The number of benzene rings is 9. The Balaban J connectivity index is 1.16. The van der Waals surface area contributed by atoms with Gasteiger partial charge < -0.3 is 8.98 Å². The van der Waals surface area contributed by atoms with Crippen molar-refractivity contribution in [1.82, 2.24) is 14.5 Å². The molecule has 13 aromatic rings. The molecule has 0 saturated heterocycles. The third-order valence-corrected chi connectivity index (χ3v) is 13.0. The summed E-state index contributed by atoms with van der Waals surface area (Å²) in [4.78, 5) is 10.9. The van der Waals surface area contributed by atoms with Crippen LogP contribution in [0, 0.1) is 0 Å². The van der Waals surface area contributed by atoms with Crippen LogP contribution in [-0.2, 0) is 0 Å². The predicted octanol–water partition coefficient (Wildman–Crippen LogP) is 14.6. The number of aromatic nitrogens is 3. The second-order valence-electron chi connectivity index (χ2n) is 14.9. The lowest BCUT2D eigenvalue weighted by Gasteiger charge is -2.15. The molecule has 4 nitrogen and oxygen atoms in total. The zero-order valence-electron chi connectivity index (χ0n) is 30.4. The van der Waals surface area contributed by atoms with Gasteiger partial charge in [-0.15, -0.1) is 11.3 Å². The van der Waals surface area contributed by atoms with Gasteiger partial charge in [0.2, 0.25) is 0 Å². The highest BCUT2D eigenvalue weighted by molar-refractivity contribution is 7.26. The number of fused-ring (bicyclic) bond motifs is 14. The van der Waals surface area contributed by atoms with Gasteiger partial charge in [0.15, 0.2) is 5.82 Å². The van der Waals surface area contributed by atoms with E-state index in [1.165, 1.54) is 63.5 Å². The van der Waals surface area contributed by atoms with E-state index < -0.39 is 0 Å². The van der Waals surface area contributed by atoms with Crippen molar-refractivity contribution in [3.8, 4) is 28.3 Å². The van der Waals surface area contributed by atoms with Crippen LogP contribution >= 0.6 is 11.3 Å². The van der Waals surface area contributed by atoms with E-state index in [2.05, 4.69) is 168 Å². The van der Waals surface area contributed by atoms with Crippen molar-refractivity contribution in [2.24, 2.45) is 0 Å². The smallest absolute Gasteiger partial charge is 0.161 e. The fourth-order valence-electron chi connectivity index (χ4n) is 9.19. The molecule has 264 valence electrons. The Kier molecular flexibility index (Phi) is 6.29. The van der Waals surface area contributed by atoms with Gasteiger partial charge in [-0.1, -0.05) is 127 Å². The minimum absolute atomic E-state index is 0.703. The summed E-state index contributed by atoms with van der Waals surface area (Å²) >= 11 is 1.81. The van der Waals surface area contributed by atoms with E-state index in [0.29, 0.717) is 5.82 Å². The number of para-hydroxylation sites is 2. The van der Waals surface area contributed by atoms with E-state index in [1.807, 2.05) is 23.5 Å². The van der Waals surface area contributed by atoms with Crippen molar-refractivity contribution in [1.29, 1.82) is 0 Å². The van der Waals surface area contributed by atoms with Crippen LogP contribution in [0.4, 0.5) is 0 Å². The third-order valence-electron chi connectivity index (χ3n) is 11.8. The highest BCUT2D eigenvalue weighted by Gasteiger charge is 2.22. The molecule has 13 rings (SSSR count). The van der Waals surface area contributed by atoms with Crippen LogP contribution in [0.25, 0.3) is 125 Å². The van der Waals surface area contributed by atoms with Crippen molar-refractivity contribution in [2.75, 3.05) is 0 Å². The molecule has 0 fully saturated rings. The number of rotatable bonds is 3. The summed E-state index contributed by atoms with van der Waals surface area (Å²) in [6, 6.07) is 63.1. The minimum atomic E-state index is 0.703. The van der Waals surface area contributed by atoms with Gasteiger partial charge in [0, 0.05) is 74.7 Å². The number of furan rings is 1. The first kappa shape index (κ1) is 30.9. The second kappa shape index (κ2) is 11.6. The maximum absolute atomic E-state index is 6.23. The molecule has 0 N–H and O–H groups in total. The molecule has 0 aliphatic carbocycles. The molecule has 0 amide bonds. The van der Waals surface area contributed by atoms with E-state index in [-0.39, 0.29) is 0 Å². The van der Waals surface area contributed by atoms with Crippen LogP contribution in [-0.4, -0.2) is 14.5 Å². The monoisotopic (exact) mass is 743 g/mol. The fraction of sp³-hybridized carbons (Fsp3) is 0. The van der Waals surface area contributed by atoms with Gasteiger partial charge in [-0.2, -0.15) is 0 Å². The first-order valence-corrected chi connectivity index (χ1v) is 20.0. The van der Waals surface area contributed by atoms with Gasteiger partial charge in [0.1, 0.15) is 11.2 Å². The van der Waals surface area contributed by atoms with E-state index in [1.54, 1.807) is 0 Å². The van der Waals surface area contributed by atoms with Gasteiger partial charge in [-0.25, -0.2) is 9.97 Å². The Morgan fingerprint density at radius 3 is 1.84 bits per heavy atom. The largest absolute Gasteiger partial charge is 0.456 e. The molecular formula is C52H29N3OS. The summed E-state index contributed by atoms with van der Waals surface area (Å²) in [5, 5.41) is 12.9. The second-order valence-corrected chi connectivity index (χ2v) is 15.9. The molecule has 0 saturated carbocycles. The molecule has 0 aliphatic heterocycles. The van der Waals surface area contributed by atoms with Gasteiger partial charge in [-0.3, -0.25) is 0 Å². The third kappa shape index (κ3) is 4.43. The topological polar surface area (TPSA) is 43.9 Å². The van der Waals surface area contributed by atoms with Gasteiger partial charge in [0.05, 0.1) is 22.2 Å².